The van der Waals surface area contributed by atoms with E-state index in [0.29, 0.717) is 17.0 Å². The van der Waals surface area contributed by atoms with Crippen molar-refractivity contribution in [3.05, 3.63) is 88.2 Å². The molecule has 30 heavy (non-hydrogen) atoms. The van der Waals surface area contributed by atoms with Gasteiger partial charge in [0.25, 0.3) is 17.5 Å². The van der Waals surface area contributed by atoms with E-state index in [2.05, 4.69) is 5.32 Å². The summed E-state index contributed by atoms with van der Waals surface area (Å²) in [5.41, 5.74) is 0.408. The lowest BCUT2D eigenvalue weighted by Gasteiger charge is -2.26. The van der Waals surface area contributed by atoms with Crippen molar-refractivity contribution >= 4 is 35.3 Å². The summed E-state index contributed by atoms with van der Waals surface area (Å²) in [6.45, 7) is 0. The normalized spacial score (nSPS) is 15.4. The van der Waals surface area contributed by atoms with Gasteiger partial charge in [-0.1, -0.05) is 30.3 Å². The highest BCUT2D eigenvalue weighted by atomic mass is 16.6. The number of furan rings is 1. The second-order valence-electron chi connectivity index (χ2n) is 6.30. The molecular weight excluding hydrogens is 390 g/mol. The number of nitro benzene ring substituents is 1. The lowest BCUT2D eigenvalue weighted by atomic mass is 10.1. The standard InChI is InChI=1S/C21H13N3O6/c25-19-17(20(26)23(21(27)22-19)14-6-2-1-3-7-14)12-16-9-10-18(30-16)13-5-4-8-15(11-13)24(28)29/h1-12H,(H,22,25,27)/b17-12+. The Hall–Kier alpha value is -4.53. The number of para-hydroxylation sites is 1. The molecule has 0 spiro atoms. The Morgan fingerprint density at radius 2 is 1.73 bits per heavy atom. The summed E-state index contributed by atoms with van der Waals surface area (Å²) in [6, 6.07) is 16.3. The number of benzene rings is 2. The molecule has 1 saturated heterocycles. The first-order valence-electron chi connectivity index (χ1n) is 8.75. The molecule has 0 unspecified atom stereocenters. The van der Waals surface area contributed by atoms with E-state index in [1.165, 1.54) is 30.3 Å². The number of carbonyl (C=O) groups is 3. The smallest absolute Gasteiger partial charge is 0.335 e. The van der Waals surface area contributed by atoms with E-state index >= 15 is 0 Å². The van der Waals surface area contributed by atoms with E-state index in [0.717, 1.165) is 4.90 Å². The Labute approximate surface area is 169 Å². The molecule has 1 fully saturated rings. The molecule has 1 aromatic heterocycles. The van der Waals surface area contributed by atoms with Crippen LogP contribution < -0.4 is 10.2 Å². The fourth-order valence-corrected chi connectivity index (χ4v) is 2.97. The zero-order chi connectivity index (χ0) is 21.3. The monoisotopic (exact) mass is 403 g/mol. The first-order chi connectivity index (χ1) is 14.4. The number of hydrogen-bond acceptors (Lipinski definition) is 6. The number of nitrogens with one attached hydrogen (secondary N) is 1. The number of nitrogens with zero attached hydrogens (tertiary/aromatic N) is 2. The molecule has 4 amide bonds. The molecule has 9 heteroatoms. The summed E-state index contributed by atoms with van der Waals surface area (Å²) < 4.78 is 5.64. The zero-order valence-corrected chi connectivity index (χ0v) is 15.3. The van der Waals surface area contributed by atoms with Crippen molar-refractivity contribution in [2.45, 2.75) is 0 Å². The number of non-ortho nitro benzene ring substituents is 1. The van der Waals surface area contributed by atoms with Gasteiger partial charge in [0.2, 0.25) is 0 Å². The highest BCUT2D eigenvalue weighted by Gasteiger charge is 2.36. The predicted octanol–water partition coefficient (Wildman–Crippen LogP) is 3.52. The van der Waals surface area contributed by atoms with Gasteiger partial charge in [-0.2, -0.15) is 0 Å². The van der Waals surface area contributed by atoms with E-state index in [-0.39, 0.29) is 17.0 Å². The van der Waals surface area contributed by atoms with Crippen molar-refractivity contribution in [3.8, 4) is 11.3 Å². The molecule has 0 bridgehead atoms. The van der Waals surface area contributed by atoms with Crippen LogP contribution in [-0.4, -0.2) is 22.8 Å². The summed E-state index contributed by atoms with van der Waals surface area (Å²) in [7, 11) is 0. The fraction of sp³-hybridized carbons (Fsp3) is 0. The molecule has 148 valence electrons. The first-order valence-corrected chi connectivity index (χ1v) is 8.75. The first kappa shape index (κ1) is 18.8. The molecule has 3 aromatic rings. The quantitative estimate of drug-likeness (QED) is 0.308. The minimum atomic E-state index is -0.843. The van der Waals surface area contributed by atoms with E-state index in [1.54, 1.807) is 42.5 Å². The van der Waals surface area contributed by atoms with Crippen molar-refractivity contribution < 1.29 is 23.7 Å². The van der Waals surface area contributed by atoms with Crippen LogP contribution in [0.15, 0.2) is 76.7 Å². The summed E-state index contributed by atoms with van der Waals surface area (Å²) in [4.78, 5) is 48.5. The Bertz CT molecular complexity index is 1210. The van der Waals surface area contributed by atoms with Gasteiger partial charge in [-0.3, -0.25) is 25.0 Å². The van der Waals surface area contributed by atoms with Crippen LogP contribution in [0.4, 0.5) is 16.2 Å². The summed E-state index contributed by atoms with van der Waals surface area (Å²) in [6.07, 6.45) is 1.22. The molecule has 1 aliphatic rings. The Morgan fingerprint density at radius 1 is 0.967 bits per heavy atom. The van der Waals surface area contributed by atoms with Crippen LogP contribution in [-0.2, 0) is 9.59 Å². The molecule has 0 radical (unpaired) electrons. The van der Waals surface area contributed by atoms with Crippen molar-refractivity contribution in [2.75, 3.05) is 4.90 Å². The fourth-order valence-electron chi connectivity index (χ4n) is 2.97. The van der Waals surface area contributed by atoms with Crippen LogP contribution in [0.2, 0.25) is 0 Å². The van der Waals surface area contributed by atoms with Crippen LogP contribution in [0.1, 0.15) is 5.76 Å². The molecule has 4 rings (SSSR count). The SMILES string of the molecule is O=C1NC(=O)N(c2ccccc2)C(=O)/C1=C/c1ccc(-c2cccc([N+](=O)[O-])c2)o1. The molecule has 2 heterocycles. The van der Waals surface area contributed by atoms with Crippen molar-refractivity contribution in [3.63, 3.8) is 0 Å². The number of imide groups is 2. The maximum absolute atomic E-state index is 12.8. The molecule has 1 N–H and O–H groups in total. The minimum absolute atomic E-state index is 0.0948. The Morgan fingerprint density at radius 3 is 2.47 bits per heavy atom. The van der Waals surface area contributed by atoms with Gasteiger partial charge in [0.15, 0.2) is 0 Å². The van der Waals surface area contributed by atoms with Crippen LogP contribution in [0.25, 0.3) is 17.4 Å². The van der Waals surface area contributed by atoms with Gasteiger partial charge in [-0.25, -0.2) is 9.69 Å². The topological polar surface area (TPSA) is 123 Å². The van der Waals surface area contributed by atoms with Gasteiger partial charge < -0.3 is 4.42 Å². The second kappa shape index (κ2) is 7.47. The van der Waals surface area contributed by atoms with E-state index in [4.69, 9.17) is 4.42 Å². The van der Waals surface area contributed by atoms with E-state index in [9.17, 15) is 24.5 Å². The van der Waals surface area contributed by atoms with Gasteiger partial charge in [-0.05, 0) is 30.3 Å². The largest absolute Gasteiger partial charge is 0.457 e. The number of barbiturate groups is 1. The van der Waals surface area contributed by atoms with Gasteiger partial charge >= 0.3 is 6.03 Å². The number of urea groups is 1. The molecule has 0 saturated carbocycles. The maximum atomic E-state index is 12.8. The molecule has 0 aliphatic carbocycles. The molecule has 2 aromatic carbocycles. The number of nitro groups is 1. The van der Waals surface area contributed by atoms with Crippen molar-refractivity contribution in [1.82, 2.24) is 5.32 Å². The summed E-state index contributed by atoms with van der Waals surface area (Å²) in [5, 5.41) is 13.1. The maximum Gasteiger partial charge on any atom is 0.335 e. The predicted molar refractivity (Wildman–Crippen MR) is 106 cm³/mol. The Kier molecular flexibility index (Phi) is 4.69. The van der Waals surface area contributed by atoms with Gasteiger partial charge in [0.1, 0.15) is 17.1 Å². The summed E-state index contributed by atoms with van der Waals surface area (Å²) >= 11 is 0. The lowest BCUT2D eigenvalue weighted by Crippen LogP contribution is -2.54. The number of amides is 4. The van der Waals surface area contributed by atoms with Crippen molar-refractivity contribution in [2.24, 2.45) is 0 Å². The van der Waals surface area contributed by atoms with Gasteiger partial charge in [0, 0.05) is 17.7 Å². The average Bonchev–Trinajstić information content (AvgIpc) is 3.21. The van der Waals surface area contributed by atoms with Crippen LogP contribution in [0, 0.1) is 10.1 Å². The van der Waals surface area contributed by atoms with Crippen LogP contribution in [0.3, 0.4) is 0 Å². The van der Waals surface area contributed by atoms with E-state index < -0.39 is 22.8 Å². The molecule has 0 atom stereocenters. The van der Waals surface area contributed by atoms with Crippen LogP contribution in [0.5, 0.6) is 0 Å². The third kappa shape index (κ3) is 3.47. The third-order valence-corrected chi connectivity index (χ3v) is 4.37. The van der Waals surface area contributed by atoms with Crippen LogP contribution >= 0.6 is 0 Å². The highest BCUT2D eigenvalue weighted by molar-refractivity contribution is 6.39. The average molecular weight is 403 g/mol. The number of hydrogen-bond donors (Lipinski definition) is 1. The van der Waals surface area contributed by atoms with Crippen molar-refractivity contribution in [1.29, 1.82) is 0 Å². The van der Waals surface area contributed by atoms with E-state index in [1.807, 2.05) is 0 Å². The third-order valence-electron chi connectivity index (χ3n) is 4.37. The molecule has 9 nitrogen and oxygen atoms in total. The number of rotatable bonds is 4. The minimum Gasteiger partial charge on any atom is -0.457 e. The Balaban J connectivity index is 1.67. The second-order valence-corrected chi connectivity index (χ2v) is 6.30. The summed E-state index contributed by atoms with van der Waals surface area (Å²) in [5.74, 6) is -1.13. The number of carbonyl (C=O) groups excluding carboxylic acids is 3. The number of anilines is 1. The lowest BCUT2D eigenvalue weighted by molar-refractivity contribution is -0.384. The zero-order valence-electron chi connectivity index (χ0n) is 15.3. The highest BCUT2D eigenvalue weighted by Crippen LogP contribution is 2.27. The van der Waals surface area contributed by atoms with Gasteiger partial charge in [-0.15, -0.1) is 0 Å². The molecule has 1 aliphatic heterocycles. The molecular formula is C21H13N3O6. The van der Waals surface area contributed by atoms with Gasteiger partial charge in [0.05, 0.1) is 10.6 Å².